The lowest BCUT2D eigenvalue weighted by molar-refractivity contribution is -0.137. The Morgan fingerprint density at radius 1 is 1.09 bits per heavy atom. The summed E-state index contributed by atoms with van der Waals surface area (Å²) in [6, 6.07) is 7.20. The van der Waals surface area contributed by atoms with Gasteiger partial charge in [-0.2, -0.15) is 23.7 Å². The van der Waals surface area contributed by atoms with Crippen molar-refractivity contribution < 1.29 is 36.3 Å². The summed E-state index contributed by atoms with van der Waals surface area (Å²) in [4.78, 5) is 31.3. The molecule has 1 aliphatic heterocycles. The number of nitriles is 2. The van der Waals surface area contributed by atoms with Crippen molar-refractivity contribution in [3.8, 4) is 12.1 Å². The molecule has 1 saturated carbocycles. The molecule has 45 heavy (non-hydrogen) atoms. The molecule has 14 heteroatoms. The van der Waals surface area contributed by atoms with Crippen molar-refractivity contribution in [3.63, 3.8) is 0 Å². The number of sulfone groups is 1. The SMILES string of the molecule is CC1=C(C#N)[C@@H](c2ccc(C#N)cc2S(C)(=O)=O)N(C(=O)N(CCO)C2CCC(C)CC2)C(=O)N1c1cccc(C(F)(F)F)c1. The number of imide groups is 1. The van der Waals surface area contributed by atoms with E-state index in [0.717, 1.165) is 48.3 Å². The predicted molar refractivity (Wildman–Crippen MR) is 157 cm³/mol. The van der Waals surface area contributed by atoms with Crippen LogP contribution in [0.15, 0.2) is 58.6 Å². The maximum atomic E-state index is 14.5. The average molecular weight is 644 g/mol. The number of aliphatic hydroxyl groups excluding tert-OH is 1. The summed E-state index contributed by atoms with van der Waals surface area (Å²) >= 11 is 0. The highest BCUT2D eigenvalue weighted by Gasteiger charge is 2.47. The van der Waals surface area contributed by atoms with Crippen LogP contribution in [0, 0.1) is 28.6 Å². The molecular formula is C31H32F3N5O5S. The van der Waals surface area contributed by atoms with E-state index in [9.17, 15) is 46.8 Å². The number of amides is 4. The van der Waals surface area contributed by atoms with Gasteiger partial charge < -0.3 is 10.0 Å². The maximum Gasteiger partial charge on any atom is 0.416 e. The lowest BCUT2D eigenvalue weighted by Crippen LogP contribution is -2.58. The molecule has 1 fully saturated rings. The van der Waals surface area contributed by atoms with Crippen LogP contribution in [-0.4, -0.2) is 60.8 Å². The van der Waals surface area contributed by atoms with Crippen LogP contribution in [0.3, 0.4) is 0 Å². The number of carbonyl (C=O) groups excluding carboxylic acids is 2. The Kier molecular flexibility index (Phi) is 9.61. The molecule has 2 aliphatic rings. The summed E-state index contributed by atoms with van der Waals surface area (Å²) in [5.74, 6) is 0.389. The van der Waals surface area contributed by atoms with Crippen molar-refractivity contribution in [3.05, 3.63) is 70.4 Å². The number of hydrogen-bond donors (Lipinski definition) is 1. The Hall–Kier alpha value is -4.40. The molecule has 0 saturated heterocycles. The van der Waals surface area contributed by atoms with E-state index in [2.05, 4.69) is 6.92 Å². The van der Waals surface area contributed by atoms with Crippen molar-refractivity contribution in [2.45, 2.75) is 62.7 Å². The molecule has 0 spiro atoms. The van der Waals surface area contributed by atoms with Gasteiger partial charge in [0.05, 0.1) is 46.0 Å². The van der Waals surface area contributed by atoms with Crippen LogP contribution in [0.4, 0.5) is 28.4 Å². The van der Waals surface area contributed by atoms with Crippen LogP contribution in [0.2, 0.25) is 0 Å². The fraction of sp³-hybridized carbons (Fsp3) is 0.419. The lowest BCUT2D eigenvalue weighted by Gasteiger charge is -2.45. The van der Waals surface area contributed by atoms with E-state index in [-0.39, 0.29) is 34.6 Å². The highest BCUT2D eigenvalue weighted by atomic mass is 32.2. The molecule has 0 bridgehead atoms. The summed E-state index contributed by atoms with van der Waals surface area (Å²) in [6.07, 6.45) is -1.23. The zero-order valence-electron chi connectivity index (χ0n) is 24.9. The van der Waals surface area contributed by atoms with Gasteiger partial charge in [-0.25, -0.2) is 22.9 Å². The largest absolute Gasteiger partial charge is 0.416 e. The summed E-state index contributed by atoms with van der Waals surface area (Å²) < 4.78 is 66.9. The van der Waals surface area contributed by atoms with E-state index >= 15 is 0 Å². The van der Waals surface area contributed by atoms with Gasteiger partial charge in [0.25, 0.3) is 0 Å². The number of alkyl halides is 3. The van der Waals surface area contributed by atoms with Crippen molar-refractivity contribution in [1.82, 2.24) is 9.80 Å². The number of aliphatic hydroxyl groups is 1. The minimum Gasteiger partial charge on any atom is -0.395 e. The highest BCUT2D eigenvalue weighted by Crippen LogP contribution is 2.43. The molecule has 2 aromatic rings. The van der Waals surface area contributed by atoms with Gasteiger partial charge >= 0.3 is 18.2 Å². The number of allylic oxidation sites excluding steroid dienone is 1. The Morgan fingerprint density at radius 2 is 1.76 bits per heavy atom. The molecule has 1 heterocycles. The summed E-state index contributed by atoms with van der Waals surface area (Å²) in [5, 5.41) is 29.8. The first-order valence-electron chi connectivity index (χ1n) is 14.2. The second-order valence-electron chi connectivity index (χ2n) is 11.3. The third-order valence-corrected chi connectivity index (χ3v) is 9.41. The number of nitrogens with zero attached hydrogens (tertiary/aromatic N) is 5. The number of anilines is 1. The Balaban J connectivity index is 2.00. The summed E-state index contributed by atoms with van der Waals surface area (Å²) in [6.45, 7) is 2.74. The number of benzene rings is 2. The number of hydrogen-bond acceptors (Lipinski definition) is 7. The molecule has 2 aromatic carbocycles. The van der Waals surface area contributed by atoms with Gasteiger partial charge in [-0.05, 0) is 74.4 Å². The molecular weight excluding hydrogens is 611 g/mol. The van der Waals surface area contributed by atoms with Crippen molar-refractivity contribution in [1.29, 1.82) is 10.5 Å². The average Bonchev–Trinajstić information content (AvgIpc) is 2.99. The van der Waals surface area contributed by atoms with Crippen LogP contribution < -0.4 is 4.90 Å². The van der Waals surface area contributed by atoms with Gasteiger partial charge in [-0.1, -0.05) is 19.1 Å². The quantitative estimate of drug-likeness (QED) is 0.422. The van der Waals surface area contributed by atoms with E-state index in [4.69, 9.17) is 0 Å². The second kappa shape index (κ2) is 12.9. The third kappa shape index (κ3) is 6.67. The van der Waals surface area contributed by atoms with E-state index in [0.29, 0.717) is 23.7 Å². The van der Waals surface area contributed by atoms with E-state index < -0.39 is 57.2 Å². The fourth-order valence-electron chi connectivity index (χ4n) is 5.95. The highest BCUT2D eigenvalue weighted by molar-refractivity contribution is 7.90. The topological polar surface area (TPSA) is 146 Å². The lowest BCUT2D eigenvalue weighted by atomic mass is 9.86. The normalized spacial score (nSPS) is 20.9. The van der Waals surface area contributed by atoms with Crippen molar-refractivity contribution in [2.24, 2.45) is 5.92 Å². The van der Waals surface area contributed by atoms with Gasteiger partial charge in [0.1, 0.15) is 6.04 Å². The maximum absolute atomic E-state index is 14.5. The zero-order valence-corrected chi connectivity index (χ0v) is 25.7. The minimum absolute atomic E-state index is 0.0257. The monoisotopic (exact) mass is 643 g/mol. The second-order valence-corrected chi connectivity index (χ2v) is 13.3. The smallest absolute Gasteiger partial charge is 0.395 e. The Morgan fingerprint density at radius 3 is 2.31 bits per heavy atom. The third-order valence-electron chi connectivity index (χ3n) is 8.26. The molecule has 1 aliphatic carbocycles. The summed E-state index contributed by atoms with van der Waals surface area (Å²) in [5.41, 5.74) is -1.87. The molecule has 0 radical (unpaired) electrons. The molecule has 238 valence electrons. The van der Waals surface area contributed by atoms with E-state index in [1.54, 1.807) is 0 Å². The molecule has 4 rings (SSSR count). The van der Waals surface area contributed by atoms with Crippen molar-refractivity contribution in [2.75, 3.05) is 24.3 Å². The zero-order chi connectivity index (χ0) is 33.3. The van der Waals surface area contributed by atoms with Gasteiger partial charge in [0.2, 0.25) is 0 Å². The van der Waals surface area contributed by atoms with Crippen LogP contribution in [-0.2, 0) is 16.0 Å². The van der Waals surface area contributed by atoms with Crippen LogP contribution >= 0.6 is 0 Å². The first-order chi connectivity index (χ1) is 21.1. The van der Waals surface area contributed by atoms with E-state index in [1.807, 2.05) is 12.1 Å². The van der Waals surface area contributed by atoms with Gasteiger partial charge in [0.15, 0.2) is 9.84 Å². The van der Waals surface area contributed by atoms with Crippen LogP contribution in [0.5, 0.6) is 0 Å². The van der Waals surface area contributed by atoms with Gasteiger partial charge in [0, 0.05) is 24.5 Å². The van der Waals surface area contributed by atoms with Gasteiger partial charge in [-0.15, -0.1) is 0 Å². The number of carbonyl (C=O) groups is 2. The molecule has 1 atom stereocenters. The predicted octanol–water partition coefficient (Wildman–Crippen LogP) is 5.75. The van der Waals surface area contributed by atoms with Crippen LogP contribution in [0.25, 0.3) is 0 Å². The standard InChI is InChI=1S/C31H32F3N5O5S/c1-19-7-10-23(11-8-19)37(13-14-40)29(41)39-28(25-12-9-21(17-35)15-27(25)45(3,43)44)26(18-36)20(2)38(30(39)42)24-6-4-5-22(16-24)31(32,33)34/h4-6,9,12,15-16,19,23,28,40H,7-8,10-11,13-14H2,1-3H3/t19?,23?,28-/m1/s1. The van der Waals surface area contributed by atoms with E-state index in [1.165, 1.54) is 30.0 Å². The van der Waals surface area contributed by atoms with Gasteiger partial charge in [-0.3, -0.25) is 4.90 Å². The molecule has 1 N–H and O–H groups in total. The molecule has 4 amide bonds. The Bertz CT molecular complexity index is 1720. The summed E-state index contributed by atoms with van der Waals surface area (Å²) in [7, 11) is -4.10. The first kappa shape index (κ1) is 33.5. The van der Waals surface area contributed by atoms with Crippen LogP contribution in [0.1, 0.15) is 62.3 Å². The number of rotatable bonds is 6. The minimum atomic E-state index is -4.76. The molecule has 10 nitrogen and oxygen atoms in total. The fourth-order valence-corrected chi connectivity index (χ4v) is 6.90. The molecule has 0 unspecified atom stereocenters. The van der Waals surface area contributed by atoms with Crippen molar-refractivity contribution >= 4 is 27.6 Å². The number of urea groups is 2. The first-order valence-corrected chi connectivity index (χ1v) is 16.1. The Labute approximate surface area is 259 Å². The molecule has 0 aromatic heterocycles. The number of halogens is 3.